The van der Waals surface area contributed by atoms with Crippen molar-refractivity contribution in [2.45, 2.75) is 32.1 Å². The molecular weight excluding hydrogens is 384 g/mol. The Bertz CT molecular complexity index is 1030. The van der Waals surface area contributed by atoms with Crippen molar-refractivity contribution in [1.29, 1.82) is 0 Å². The molecule has 30 heavy (non-hydrogen) atoms. The summed E-state index contributed by atoms with van der Waals surface area (Å²) in [6.07, 6.45) is 3.94. The van der Waals surface area contributed by atoms with Crippen molar-refractivity contribution in [3.63, 3.8) is 0 Å². The molecule has 3 heterocycles. The average Bonchev–Trinajstić information content (AvgIpc) is 3.42. The van der Waals surface area contributed by atoms with E-state index in [4.69, 9.17) is 14.0 Å². The maximum Gasteiger partial charge on any atom is 0.227 e. The third kappa shape index (κ3) is 4.03. The number of likely N-dealkylation sites (tertiary alicyclic amines) is 1. The fourth-order valence-corrected chi connectivity index (χ4v) is 4.03. The van der Waals surface area contributed by atoms with Crippen LogP contribution in [0.4, 0.5) is 0 Å². The molecule has 8 nitrogen and oxygen atoms in total. The van der Waals surface area contributed by atoms with Crippen molar-refractivity contribution in [2.24, 2.45) is 0 Å². The Hall–Kier alpha value is -3.29. The summed E-state index contributed by atoms with van der Waals surface area (Å²) in [5, 5.41) is 11.3. The van der Waals surface area contributed by atoms with Gasteiger partial charge in [0.05, 0.1) is 43.8 Å². The van der Waals surface area contributed by atoms with E-state index in [2.05, 4.69) is 15.4 Å². The van der Waals surface area contributed by atoms with Crippen LogP contribution in [-0.2, 0) is 11.2 Å². The van der Waals surface area contributed by atoms with Gasteiger partial charge in [0.1, 0.15) is 11.5 Å². The predicted octanol–water partition coefficient (Wildman–Crippen LogP) is 3.34. The van der Waals surface area contributed by atoms with E-state index in [9.17, 15) is 4.79 Å². The fourth-order valence-electron chi connectivity index (χ4n) is 4.03. The van der Waals surface area contributed by atoms with Gasteiger partial charge in [0.25, 0.3) is 0 Å². The fraction of sp³-hybridized carbons (Fsp3) is 0.409. The van der Waals surface area contributed by atoms with E-state index in [0.29, 0.717) is 23.8 Å². The van der Waals surface area contributed by atoms with Crippen LogP contribution in [0.3, 0.4) is 0 Å². The number of hydrogen-bond acceptors (Lipinski definition) is 6. The zero-order chi connectivity index (χ0) is 21.1. The summed E-state index contributed by atoms with van der Waals surface area (Å²) in [5.74, 6) is 2.33. The molecule has 1 amide bonds. The Balaban J connectivity index is 1.50. The van der Waals surface area contributed by atoms with Crippen LogP contribution >= 0.6 is 0 Å². The van der Waals surface area contributed by atoms with E-state index >= 15 is 0 Å². The van der Waals surface area contributed by atoms with Gasteiger partial charge in [-0.25, -0.2) is 0 Å². The molecule has 0 spiro atoms. The summed E-state index contributed by atoms with van der Waals surface area (Å²) in [6, 6.07) is 7.41. The van der Waals surface area contributed by atoms with Gasteiger partial charge in [-0.2, -0.15) is 5.10 Å². The Kier molecular flexibility index (Phi) is 5.74. The van der Waals surface area contributed by atoms with Gasteiger partial charge >= 0.3 is 0 Å². The molecule has 0 saturated carbocycles. The van der Waals surface area contributed by atoms with Crippen molar-refractivity contribution in [2.75, 3.05) is 27.3 Å². The lowest BCUT2D eigenvalue weighted by Gasteiger charge is -2.33. The van der Waals surface area contributed by atoms with Crippen molar-refractivity contribution >= 4 is 5.91 Å². The normalized spacial score (nSPS) is 16.5. The minimum Gasteiger partial charge on any atom is -0.497 e. The molecule has 0 unspecified atom stereocenters. The van der Waals surface area contributed by atoms with Gasteiger partial charge in [-0.3, -0.25) is 9.89 Å². The van der Waals surface area contributed by atoms with Gasteiger partial charge in [0.15, 0.2) is 5.76 Å². The second-order valence-electron chi connectivity index (χ2n) is 7.56. The molecule has 4 rings (SSSR count). The number of carbonyl (C=O) groups is 1. The van der Waals surface area contributed by atoms with Crippen LogP contribution in [-0.4, -0.2) is 53.5 Å². The lowest BCUT2D eigenvalue weighted by Crippen LogP contribution is -2.40. The third-order valence-corrected chi connectivity index (χ3v) is 5.57. The van der Waals surface area contributed by atoms with Gasteiger partial charge in [-0.05, 0) is 38.0 Å². The number of amides is 1. The number of piperidine rings is 1. The topological polar surface area (TPSA) is 93.5 Å². The number of nitrogens with one attached hydrogen (secondary N) is 1. The summed E-state index contributed by atoms with van der Waals surface area (Å²) in [7, 11) is 3.22. The average molecular weight is 410 g/mol. The molecule has 8 heteroatoms. The highest BCUT2D eigenvalue weighted by molar-refractivity contribution is 5.80. The molecule has 0 bridgehead atoms. The van der Waals surface area contributed by atoms with Gasteiger partial charge in [-0.1, -0.05) is 5.16 Å². The molecule has 0 radical (unpaired) electrons. The van der Waals surface area contributed by atoms with E-state index in [-0.39, 0.29) is 18.2 Å². The number of H-pyrrole nitrogens is 1. The highest BCUT2D eigenvalue weighted by Crippen LogP contribution is 2.34. The summed E-state index contributed by atoms with van der Waals surface area (Å²) < 4.78 is 16.1. The molecule has 1 fully saturated rings. The summed E-state index contributed by atoms with van der Waals surface area (Å²) >= 11 is 0. The number of aromatic amines is 1. The molecule has 1 aliphatic heterocycles. The first-order chi connectivity index (χ1) is 14.6. The predicted molar refractivity (Wildman–Crippen MR) is 111 cm³/mol. The van der Waals surface area contributed by atoms with Gasteiger partial charge in [0, 0.05) is 30.6 Å². The minimum absolute atomic E-state index is 0.0721. The van der Waals surface area contributed by atoms with E-state index in [0.717, 1.165) is 41.9 Å². The van der Waals surface area contributed by atoms with E-state index in [1.165, 1.54) is 0 Å². The number of rotatable bonds is 6. The van der Waals surface area contributed by atoms with Crippen LogP contribution in [0.25, 0.3) is 11.3 Å². The summed E-state index contributed by atoms with van der Waals surface area (Å²) in [6.45, 7) is 3.26. The maximum atomic E-state index is 13.1. The quantitative estimate of drug-likeness (QED) is 0.670. The molecule has 1 atom stereocenters. The maximum absolute atomic E-state index is 13.1. The van der Waals surface area contributed by atoms with Crippen molar-refractivity contribution in [3.05, 3.63) is 47.4 Å². The van der Waals surface area contributed by atoms with Crippen LogP contribution in [0.1, 0.15) is 35.7 Å². The number of carbonyl (C=O) groups excluding carboxylic acids is 1. The molecule has 1 saturated heterocycles. The summed E-state index contributed by atoms with van der Waals surface area (Å²) in [5.41, 5.74) is 3.54. The molecular formula is C22H26N4O4. The number of aromatic nitrogens is 3. The lowest BCUT2D eigenvalue weighted by molar-refractivity contribution is -0.131. The van der Waals surface area contributed by atoms with Gasteiger partial charge in [0.2, 0.25) is 5.91 Å². The highest BCUT2D eigenvalue weighted by atomic mass is 16.5. The van der Waals surface area contributed by atoms with Crippen LogP contribution in [0, 0.1) is 6.92 Å². The molecule has 0 aliphatic carbocycles. The molecule has 1 N–H and O–H groups in total. The van der Waals surface area contributed by atoms with E-state index in [1.807, 2.05) is 36.1 Å². The first-order valence-corrected chi connectivity index (χ1v) is 10.0. The molecule has 3 aromatic rings. The van der Waals surface area contributed by atoms with E-state index < -0.39 is 0 Å². The smallest absolute Gasteiger partial charge is 0.227 e. The van der Waals surface area contributed by atoms with Crippen LogP contribution in [0.2, 0.25) is 0 Å². The zero-order valence-electron chi connectivity index (χ0n) is 17.5. The van der Waals surface area contributed by atoms with Crippen molar-refractivity contribution in [1.82, 2.24) is 20.3 Å². The van der Waals surface area contributed by atoms with E-state index in [1.54, 1.807) is 20.4 Å². The highest BCUT2D eigenvalue weighted by Gasteiger charge is 2.29. The number of methoxy groups -OCH3 is 2. The first kappa shape index (κ1) is 20.0. The van der Waals surface area contributed by atoms with Gasteiger partial charge < -0.3 is 18.9 Å². The minimum atomic E-state index is 0.0721. The Morgan fingerprint density at radius 3 is 2.90 bits per heavy atom. The molecule has 158 valence electrons. The number of benzene rings is 1. The number of ether oxygens (including phenoxy) is 2. The van der Waals surface area contributed by atoms with Crippen molar-refractivity contribution < 1.29 is 18.8 Å². The van der Waals surface area contributed by atoms with Crippen molar-refractivity contribution in [3.8, 4) is 22.8 Å². The number of nitrogens with zero attached hydrogens (tertiary/aromatic N) is 3. The summed E-state index contributed by atoms with van der Waals surface area (Å²) in [4.78, 5) is 15.0. The van der Waals surface area contributed by atoms with Crippen LogP contribution < -0.4 is 9.47 Å². The second-order valence-corrected chi connectivity index (χ2v) is 7.56. The molecule has 1 aromatic carbocycles. The lowest BCUT2D eigenvalue weighted by atomic mass is 9.91. The molecule has 2 aromatic heterocycles. The zero-order valence-corrected chi connectivity index (χ0v) is 17.5. The number of hydrogen-bond donors (Lipinski definition) is 1. The third-order valence-electron chi connectivity index (χ3n) is 5.57. The SMILES string of the molecule is COc1ccc(OC)c(CC(=O)N2CCC[C@H](c3[nH]ncc3-c3cc(C)no3)C2)c1. The second kappa shape index (κ2) is 8.61. The Morgan fingerprint density at radius 2 is 2.17 bits per heavy atom. The monoisotopic (exact) mass is 410 g/mol. The molecule has 1 aliphatic rings. The largest absolute Gasteiger partial charge is 0.497 e. The number of aryl methyl sites for hydroxylation is 1. The Morgan fingerprint density at radius 1 is 1.30 bits per heavy atom. The van der Waals surface area contributed by atoms with Crippen LogP contribution in [0.15, 0.2) is 35.0 Å². The Labute approximate surface area is 175 Å². The standard InChI is InChI=1S/C22H26N4O4/c1-14-9-20(30-25-14)18-12-23-24-22(18)15-5-4-8-26(13-15)21(27)11-16-10-17(28-2)6-7-19(16)29-3/h6-7,9-10,12,15H,4-5,8,11,13H2,1-3H3,(H,23,24)/t15-/m0/s1. The van der Waals surface area contributed by atoms with Gasteiger partial charge in [-0.15, -0.1) is 0 Å². The van der Waals surface area contributed by atoms with Crippen LogP contribution in [0.5, 0.6) is 11.5 Å². The first-order valence-electron chi connectivity index (χ1n) is 10.0.